The molecule has 1 aliphatic rings. The van der Waals surface area contributed by atoms with Crippen LogP contribution in [-0.4, -0.2) is 18.1 Å². The number of halogens is 1. The monoisotopic (exact) mass is 298 g/mol. The maximum absolute atomic E-state index is 12.1. The van der Waals surface area contributed by atoms with Gasteiger partial charge in [0, 0.05) is 16.8 Å². The van der Waals surface area contributed by atoms with Gasteiger partial charge >= 0.3 is 0 Å². The van der Waals surface area contributed by atoms with E-state index in [2.05, 4.69) is 21.2 Å². The molecule has 1 aromatic rings. The largest absolute Gasteiger partial charge is 0.399 e. The summed E-state index contributed by atoms with van der Waals surface area (Å²) in [7, 11) is 0. The molecule has 5 heteroatoms. The van der Waals surface area contributed by atoms with Crippen LogP contribution in [0.25, 0.3) is 0 Å². The van der Waals surface area contributed by atoms with E-state index < -0.39 is 5.60 Å². The van der Waals surface area contributed by atoms with E-state index in [4.69, 9.17) is 10.5 Å². The summed E-state index contributed by atoms with van der Waals surface area (Å²) >= 11 is 3.37. The number of amides is 1. The van der Waals surface area contributed by atoms with Gasteiger partial charge in [0.2, 0.25) is 0 Å². The minimum absolute atomic E-state index is 0.124. The van der Waals surface area contributed by atoms with Crippen molar-refractivity contribution < 1.29 is 9.53 Å². The lowest BCUT2D eigenvalue weighted by Gasteiger charge is -2.22. The Morgan fingerprint density at radius 2 is 2.35 bits per heavy atom. The molecule has 0 radical (unpaired) electrons. The lowest BCUT2D eigenvalue weighted by atomic mass is 10.0. The molecule has 1 heterocycles. The molecule has 92 valence electrons. The van der Waals surface area contributed by atoms with E-state index in [-0.39, 0.29) is 5.91 Å². The summed E-state index contributed by atoms with van der Waals surface area (Å²) in [4.78, 5) is 12.1. The van der Waals surface area contributed by atoms with Crippen molar-refractivity contribution in [2.75, 3.05) is 17.7 Å². The van der Waals surface area contributed by atoms with E-state index in [1.54, 1.807) is 12.1 Å². The molecule has 1 aromatic carbocycles. The van der Waals surface area contributed by atoms with Gasteiger partial charge in [-0.15, -0.1) is 0 Å². The van der Waals surface area contributed by atoms with E-state index in [9.17, 15) is 4.79 Å². The normalized spacial score (nSPS) is 23.6. The van der Waals surface area contributed by atoms with Crippen molar-refractivity contribution in [3.05, 3.63) is 22.7 Å². The van der Waals surface area contributed by atoms with Gasteiger partial charge in [-0.05, 0) is 53.9 Å². The summed E-state index contributed by atoms with van der Waals surface area (Å²) < 4.78 is 6.29. The van der Waals surface area contributed by atoms with Crippen molar-refractivity contribution >= 4 is 33.2 Å². The average molecular weight is 299 g/mol. The number of ether oxygens (including phenoxy) is 1. The van der Waals surface area contributed by atoms with E-state index >= 15 is 0 Å². The molecule has 0 bridgehead atoms. The Morgan fingerprint density at radius 3 is 3.00 bits per heavy atom. The molecule has 1 aliphatic heterocycles. The van der Waals surface area contributed by atoms with Crippen molar-refractivity contribution in [3.8, 4) is 0 Å². The van der Waals surface area contributed by atoms with Gasteiger partial charge < -0.3 is 15.8 Å². The van der Waals surface area contributed by atoms with Crippen LogP contribution in [0.2, 0.25) is 0 Å². The van der Waals surface area contributed by atoms with Crippen LogP contribution in [0.4, 0.5) is 11.4 Å². The summed E-state index contributed by atoms with van der Waals surface area (Å²) in [6.45, 7) is 2.46. The standard InChI is InChI=1S/C12H15BrN2O2/c1-12(5-2-6-17-12)11(16)15-10-7-8(14)3-4-9(10)13/h3-4,7H,2,5-6,14H2,1H3,(H,15,16). The second-order valence-corrected chi connectivity index (χ2v) is 5.23. The fourth-order valence-electron chi connectivity index (χ4n) is 1.85. The lowest BCUT2D eigenvalue weighted by molar-refractivity contribution is -0.133. The maximum Gasteiger partial charge on any atom is 0.256 e. The zero-order valence-corrected chi connectivity index (χ0v) is 11.2. The first-order valence-electron chi connectivity index (χ1n) is 5.52. The molecule has 0 aromatic heterocycles. The number of carbonyl (C=O) groups excluding carboxylic acids is 1. The molecule has 1 atom stereocenters. The topological polar surface area (TPSA) is 64.4 Å². The van der Waals surface area contributed by atoms with Crippen LogP contribution in [0.5, 0.6) is 0 Å². The summed E-state index contributed by atoms with van der Waals surface area (Å²) in [5.74, 6) is -0.124. The summed E-state index contributed by atoms with van der Waals surface area (Å²) in [6.07, 6.45) is 1.67. The summed E-state index contributed by atoms with van der Waals surface area (Å²) in [5.41, 5.74) is 6.25. The zero-order valence-electron chi connectivity index (χ0n) is 9.63. The number of nitrogen functional groups attached to an aromatic ring is 1. The molecule has 3 N–H and O–H groups in total. The fourth-order valence-corrected chi connectivity index (χ4v) is 2.20. The second-order valence-electron chi connectivity index (χ2n) is 4.38. The molecular weight excluding hydrogens is 284 g/mol. The van der Waals surface area contributed by atoms with Crippen molar-refractivity contribution in [1.82, 2.24) is 0 Å². The first-order valence-corrected chi connectivity index (χ1v) is 6.31. The Bertz CT molecular complexity index is 442. The van der Waals surface area contributed by atoms with Crippen LogP contribution in [0, 0.1) is 0 Å². The molecule has 0 spiro atoms. The number of anilines is 2. The SMILES string of the molecule is CC1(C(=O)Nc2cc(N)ccc2Br)CCCO1. The third-order valence-corrected chi connectivity index (χ3v) is 3.63. The molecule has 1 unspecified atom stereocenters. The molecule has 0 saturated carbocycles. The van der Waals surface area contributed by atoms with Gasteiger partial charge in [-0.1, -0.05) is 0 Å². The fraction of sp³-hybridized carbons (Fsp3) is 0.417. The first-order chi connectivity index (χ1) is 8.01. The molecule has 1 saturated heterocycles. The average Bonchev–Trinajstić information content (AvgIpc) is 2.72. The van der Waals surface area contributed by atoms with Crippen molar-refractivity contribution in [1.29, 1.82) is 0 Å². The van der Waals surface area contributed by atoms with Crippen molar-refractivity contribution in [3.63, 3.8) is 0 Å². The number of carbonyl (C=O) groups is 1. The number of nitrogens with one attached hydrogen (secondary N) is 1. The van der Waals surface area contributed by atoms with E-state index in [1.807, 2.05) is 13.0 Å². The predicted molar refractivity (Wildman–Crippen MR) is 70.8 cm³/mol. The Balaban J connectivity index is 2.15. The van der Waals surface area contributed by atoms with Gasteiger partial charge in [0.25, 0.3) is 5.91 Å². The van der Waals surface area contributed by atoms with E-state index in [1.165, 1.54) is 0 Å². The molecule has 2 rings (SSSR count). The number of hydrogen-bond donors (Lipinski definition) is 2. The summed E-state index contributed by atoms with van der Waals surface area (Å²) in [6, 6.07) is 5.30. The van der Waals surface area contributed by atoms with Crippen molar-refractivity contribution in [2.45, 2.75) is 25.4 Å². The lowest BCUT2D eigenvalue weighted by Crippen LogP contribution is -2.39. The third kappa shape index (κ3) is 2.61. The van der Waals surface area contributed by atoms with Crippen LogP contribution >= 0.6 is 15.9 Å². The maximum atomic E-state index is 12.1. The number of benzene rings is 1. The molecule has 0 aliphatic carbocycles. The Labute approximate surface area is 109 Å². The van der Waals surface area contributed by atoms with Crippen LogP contribution in [-0.2, 0) is 9.53 Å². The van der Waals surface area contributed by atoms with Crippen molar-refractivity contribution in [2.24, 2.45) is 0 Å². The molecule has 1 amide bonds. The highest BCUT2D eigenvalue weighted by atomic mass is 79.9. The van der Waals surface area contributed by atoms with Gasteiger partial charge in [-0.3, -0.25) is 4.79 Å². The highest BCUT2D eigenvalue weighted by Gasteiger charge is 2.37. The minimum Gasteiger partial charge on any atom is -0.399 e. The zero-order chi connectivity index (χ0) is 12.5. The van der Waals surface area contributed by atoms with Crippen LogP contribution in [0.15, 0.2) is 22.7 Å². The quantitative estimate of drug-likeness (QED) is 0.825. The Morgan fingerprint density at radius 1 is 1.59 bits per heavy atom. The highest BCUT2D eigenvalue weighted by molar-refractivity contribution is 9.10. The minimum atomic E-state index is -0.718. The molecule has 1 fully saturated rings. The smallest absolute Gasteiger partial charge is 0.256 e. The van der Waals surface area contributed by atoms with Gasteiger partial charge in [-0.25, -0.2) is 0 Å². The second kappa shape index (κ2) is 4.66. The molecule has 17 heavy (non-hydrogen) atoms. The Hall–Kier alpha value is -1.07. The number of nitrogens with two attached hydrogens (primary N) is 1. The Kier molecular flexibility index (Phi) is 3.40. The third-order valence-electron chi connectivity index (χ3n) is 2.94. The van der Waals surface area contributed by atoms with Gasteiger partial charge in [-0.2, -0.15) is 0 Å². The number of rotatable bonds is 2. The van der Waals surface area contributed by atoms with Gasteiger partial charge in [0.15, 0.2) is 0 Å². The number of hydrogen-bond acceptors (Lipinski definition) is 3. The van der Waals surface area contributed by atoms with Crippen LogP contribution in [0.3, 0.4) is 0 Å². The van der Waals surface area contributed by atoms with E-state index in [0.717, 1.165) is 17.3 Å². The van der Waals surface area contributed by atoms with Gasteiger partial charge in [0.1, 0.15) is 5.60 Å². The molecular formula is C12H15BrN2O2. The van der Waals surface area contributed by atoms with Crippen LogP contribution in [0.1, 0.15) is 19.8 Å². The van der Waals surface area contributed by atoms with E-state index in [0.29, 0.717) is 18.0 Å². The first kappa shape index (κ1) is 12.4. The van der Waals surface area contributed by atoms with Crippen LogP contribution < -0.4 is 11.1 Å². The van der Waals surface area contributed by atoms with Gasteiger partial charge in [0.05, 0.1) is 5.69 Å². The highest BCUT2D eigenvalue weighted by Crippen LogP contribution is 2.29. The molecule has 4 nitrogen and oxygen atoms in total. The summed E-state index contributed by atoms with van der Waals surface area (Å²) in [5, 5.41) is 2.84. The predicted octanol–water partition coefficient (Wildman–Crippen LogP) is 2.54.